The molecule has 1 aliphatic rings. The summed E-state index contributed by atoms with van der Waals surface area (Å²) in [6.45, 7) is 2.97. The lowest BCUT2D eigenvalue weighted by molar-refractivity contribution is 0.244. The second-order valence-corrected chi connectivity index (χ2v) is 4.75. The highest BCUT2D eigenvalue weighted by Gasteiger charge is 2.11. The van der Waals surface area contributed by atoms with E-state index in [-0.39, 0.29) is 0 Å². The van der Waals surface area contributed by atoms with Gasteiger partial charge in [-0.3, -0.25) is 0 Å². The molecule has 0 saturated heterocycles. The largest absolute Gasteiger partial charge is 0.501 e. The van der Waals surface area contributed by atoms with Gasteiger partial charge in [-0.15, -0.1) is 0 Å². The van der Waals surface area contributed by atoms with E-state index in [9.17, 15) is 0 Å². The van der Waals surface area contributed by atoms with Gasteiger partial charge in [0, 0.05) is 0 Å². The van der Waals surface area contributed by atoms with Gasteiger partial charge >= 0.3 is 0 Å². The molecule has 0 aromatic heterocycles. The van der Waals surface area contributed by atoms with Crippen molar-refractivity contribution in [2.75, 3.05) is 13.7 Å². The Morgan fingerprint density at radius 1 is 1.32 bits per heavy atom. The van der Waals surface area contributed by atoms with Crippen molar-refractivity contribution in [2.24, 2.45) is 0 Å². The van der Waals surface area contributed by atoms with Gasteiger partial charge in [0.25, 0.3) is 0 Å². The normalized spacial score (nSPS) is 14.1. The summed E-state index contributed by atoms with van der Waals surface area (Å²) in [6, 6.07) is 6.29. The number of ether oxygens (including phenoxy) is 2. The zero-order valence-corrected chi connectivity index (χ0v) is 11.8. The lowest BCUT2D eigenvalue weighted by Crippen LogP contribution is -1.99. The summed E-state index contributed by atoms with van der Waals surface area (Å²) in [4.78, 5) is 0. The number of methoxy groups -OCH3 is 1. The van der Waals surface area contributed by atoms with Crippen LogP contribution in [0.15, 0.2) is 36.6 Å². The van der Waals surface area contributed by atoms with E-state index in [1.807, 2.05) is 12.3 Å². The van der Waals surface area contributed by atoms with Crippen molar-refractivity contribution in [3.05, 3.63) is 47.7 Å². The Kier molecular flexibility index (Phi) is 5.08. The van der Waals surface area contributed by atoms with Crippen LogP contribution < -0.4 is 4.74 Å². The quantitative estimate of drug-likeness (QED) is 0.557. The van der Waals surface area contributed by atoms with Gasteiger partial charge < -0.3 is 9.47 Å². The minimum absolute atomic E-state index is 0.801. The van der Waals surface area contributed by atoms with Crippen LogP contribution in [0.2, 0.25) is 0 Å². The van der Waals surface area contributed by atoms with Crippen molar-refractivity contribution in [1.29, 1.82) is 0 Å². The highest BCUT2D eigenvalue weighted by molar-refractivity contribution is 5.77. The molecule has 0 unspecified atom stereocenters. The number of fused-ring (bicyclic) bond motifs is 1. The molecule has 1 aromatic carbocycles. The first-order valence-electron chi connectivity index (χ1n) is 7.00. The zero-order valence-electron chi connectivity index (χ0n) is 11.8. The van der Waals surface area contributed by atoms with Gasteiger partial charge in [-0.2, -0.15) is 0 Å². The molecule has 19 heavy (non-hydrogen) atoms. The first kappa shape index (κ1) is 13.7. The minimum atomic E-state index is 0.801. The highest BCUT2D eigenvalue weighted by Crippen LogP contribution is 2.30. The Balaban J connectivity index is 2.06. The Bertz CT molecular complexity index is 472. The van der Waals surface area contributed by atoms with E-state index in [4.69, 9.17) is 9.47 Å². The van der Waals surface area contributed by atoms with Crippen molar-refractivity contribution in [3.8, 4) is 5.75 Å². The smallest absolute Gasteiger partial charge is 0.119 e. The Morgan fingerprint density at radius 2 is 2.21 bits per heavy atom. The highest BCUT2D eigenvalue weighted by atomic mass is 16.5. The summed E-state index contributed by atoms with van der Waals surface area (Å²) in [5.74, 6) is 0.933. The molecule has 0 radical (unpaired) electrons. The van der Waals surface area contributed by atoms with E-state index in [0.717, 1.165) is 31.6 Å². The molecule has 0 saturated carbocycles. The Morgan fingerprint density at radius 3 is 3.00 bits per heavy atom. The SMILES string of the molecule is CCCCO/C=C/C1=CCCc2cc(OC)ccc21. The topological polar surface area (TPSA) is 18.5 Å². The third kappa shape index (κ3) is 3.63. The summed E-state index contributed by atoms with van der Waals surface area (Å²) in [6.07, 6.45) is 10.6. The van der Waals surface area contributed by atoms with Crippen LogP contribution in [-0.4, -0.2) is 13.7 Å². The van der Waals surface area contributed by atoms with Gasteiger partial charge in [0.05, 0.1) is 20.0 Å². The van der Waals surface area contributed by atoms with Crippen molar-refractivity contribution < 1.29 is 9.47 Å². The van der Waals surface area contributed by atoms with E-state index >= 15 is 0 Å². The molecule has 0 bridgehead atoms. The average molecular weight is 258 g/mol. The molecule has 102 valence electrons. The fourth-order valence-electron chi connectivity index (χ4n) is 2.25. The second kappa shape index (κ2) is 7.03. The fraction of sp³-hybridized carbons (Fsp3) is 0.412. The molecular weight excluding hydrogens is 236 g/mol. The predicted molar refractivity (Wildman–Crippen MR) is 79.3 cm³/mol. The summed E-state index contributed by atoms with van der Waals surface area (Å²) in [5.41, 5.74) is 3.90. The van der Waals surface area contributed by atoms with Crippen LogP contribution in [-0.2, 0) is 11.2 Å². The molecule has 0 fully saturated rings. The summed E-state index contributed by atoms with van der Waals surface area (Å²) >= 11 is 0. The van der Waals surface area contributed by atoms with E-state index < -0.39 is 0 Å². The van der Waals surface area contributed by atoms with Gasteiger partial charge in [-0.1, -0.05) is 25.5 Å². The number of aryl methyl sites for hydroxylation is 1. The van der Waals surface area contributed by atoms with Gasteiger partial charge in [0.2, 0.25) is 0 Å². The molecular formula is C17H22O2. The van der Waals surface area contributed by atoms with Crippen molar-refractivity contribution in [3.63, 3.8) is 0 Å². The fourth-order valence-corrected chi connectivity index (χ4v) is 2.25. The maximum Gasteiger partial charge on any atom is 0.119 e. The summed E-state index contributed by atoms with van der Waals surface area (Å²) < 4.78 is 10.8. The van der Waals surface area contributed by atoms with Crippen molar-refractivity contribution in [1.82, 2.24) is 0 Å². The molecule has 1 aromatic rings. The van der Waals surface area contributed by atoms with Gasteiger partial charge in [-0.05, 0) is 54.2 Å². The standard InChI is InChI=1S/C17H22O2/c1-3-4-11-19-12-10-14-6-5-7-15-13-16(18-2)8-9-17(14)15/h6,8-10,12-13H,3-5,7,11H2,1-2H3/b12-10+. The van der Waals surface area contributed by atoms with Gasteiger partial charge in [0.1, 0.15) is 5.75 Å². The minimum Gasteiger partial charge on any atom is -0.501 e. The maximum absolute atomic E-state index is 5.49. The number of hydrogen-bond acceptors (Lipinski definition) is 2. The predicted octanol–water partition coefficient (Wildman–Crippen LogP) is 4.36. The van der Waals surface area contributed by atoms with Crippen LogP contribution in [0.5, 0.6) is 5.75 Å². The number of rotatable bonds is 6. The van der Waals surface area contributed by atoms with Crippen LogP contribution in [0.3, 0.4) is 0 Å². The van der Waals surface area contributed by atoms with Gasteiger partial charge in [0.15, 0.2) is 0 Å². The second-order valence-electron chi connectivity index (χ2n) is 4.75. The molecule has 0 heterocycles. The van der Waals surface area contributed by atoms with Crippen LogP contribution in [0.4, 0.5) is 0 Å². The number of hydrogen-bond donors (Lipinski definition) is 0. The van der Waals surface area contributed by atoms with E-state index in [1.165, 1.54) is 23.1 Å². The maximum atomic E-state index is 5.49. The zero-order chi connectivity index (χ0) is 13.5. The number of benzene rings is 1. The summed E-state index contributed by atoms with van der Waals surface area (Å²) in [7, 11) is 1.71. The summed E-state index contributed by atoms with van der Waals surface area (Å²) in [5, 5.41) is 0. The molecule has 0 N–H and O–H groups in total. The number of unbranched alkanes of at least 4 members (excludes halogenated alkanes) is 1. The van der Waals surface area contributed by atoms with Gasteiger partial charge in [-0.25, -0.2) is 0 Å². The first-order valence-corrected chi connectivity index (χ1v) is 7.00. The van der Waals surface area contributed by atoms with Crippen molar-refractivity contribution in [2.45, 2.75) is 32.6 Å². The number of allylic oxidation sites excluding steroid dienone is 3. The third-order valence-corrected chi connectivity index (χ3v) is 3.36. The Hall–Kier alpha value is -1.70. The first-order chi connectivity index (χ1) is 9.35. The van der Waals surface area contributed by atoms with Crippen LogP contribution in [0.1, 0.15) is 37.3 Å². The van der Waals surface area contributed by atoms with E-state index in [2.05, 4.69) is 31.2 Å². The Labute approximate surface area is 115 Å². The molecule has 0 atom stereocenters. The van der Waals surface area contributed by atoms with Crippen molar-refractivity contribution >= 4 is 5.57 Å². The molecule has 0 spiro atoms. The third-order valence-electron chi connectivity index (χ3n) is 3.36. The molecule has 2 rings (SSSR count). The molecule has 2 heteroatoms. The monoisotopic (exact) mass is 258 g/mol. The molecule has 1 aliphatic carbocycles. The molecule has 0 aliphatic heterocycles. The molecule has 2 nitrogen and oxygen atoms in total. The average Bonchev–Trinajstić information content (AvgIpc) is 2.46. The van der Waals surface area contributed by atoms with E-state index in [1.54, 1.807) is 7.11 Å². The molecule has 0 amide bonds. The van der Waals surface area contributed by atoms with Crippen LogP contribution >= 0.6 is 0 Å². The van der Waals surface area contributed by atoms with Crippen LogP contribution in [0, 0.1) is 0 Å². The van der Waals surface area contributed by atoms with E-state index in [0.29, 0.717) is 0 Å². The van der Waals surface area contributed by atoms with Crippen LogP contribution in [0.25, 0.3) is 5.57 Å². The lowest BCUT2D eigenvalue weighted by Gasteiger charge is -2.16. The lowest BCUT2D eigenvalue weighted by atomic mass is 9.90.